The van der Waals surface area contributed by atoms with Crippen LogP contribution in [0.2, 0.25) is 0 Å². The van der Waals surface area contributed by atoms with E-state index < -0.39 is 0 Å². The van der Waals surface area contributed by atoms with Gasteiger partial charge in [-0.05, 0) is 35.7 Å². The molecule has 1 aliphatic carbocycles. The predicted octanol–water partition coefficient (Wildman–Crippen LogP) is 3.78. The number of fused-ring (bicyclic) bond motifs is 1. The van der Waals surface area contributed by atoms with Crippen LogP contribution in [-0.2, 0) is 10.2 Å². The van der Waals surface area contributed by atoms with Crippen molar-refractivity contribution in [2.24, 2.45) is 11.8 Å². The number of benzene rings is 1. The van der Waals surface area contributed by atoms with Crippen LogP contribution >= 0.6 is 0 Å². The molecule has 1 aromatic rings. The molecule has 1 aliphatic heterocycles. The average Bonchev–Trinajstić information content (AvgIpc) is 3.11. The number of rotatable bonds is 2. The summed E-state index contributed by atoms with van der Waals surface area (Å²) >= 11 is 0. The Balaban J connectivity index is 1.84. The molecule has 4 atom stereocenters. The summed E-state index contributed by atoms with van der Waals surface area (Å²) < 4.78 is 5.91. The second kappa shape index (κ2) is 3.84. The van der Waals surface area contributed by atoms with Gasteiger partial charge < -0.3 is 4.74 Å². The van der Waals surface area contributed by atoms with E-state index in [-0.39, 0.29) is 5.41 Å². The van der Waals surface area contributed by atoms with Gasteiger partial charge in [0.2, 0.25) is 0 Å². The highest BCUT2D eigenvalue weighted by atomic mass is 16.6. The highest BCUT2D eigenvalue weighted by molar-refractivity contribution is 5.26. The van der Waals surface area contributed by atoms with Gasteiger partial charge in [-0.1, -0.05) is 51.1 Å². The van der Waals surface area contributed by atoms with Crippen molar-refractivity contribution < 1.29 is 4.74 Å². The summed E-state index contributed by atoms with van der Waals surface area (Å²) in [6.45, 7) is 7.08. The Morgan fingerprint density at radius 1 is 1.06 bits per heavy atom. The van der Waals surface area contributed by atoms with Crippen LogP contribution in [0.3, 0.4) is 0 Å². The van der Waals surface area contributed by atoms with E-state index in [2.05, 4.69) is 51.1 Å². The number of ether oxygens (including phenoxy) is 1. The molecule has 1 aromatic carbocycles. The van der Waals surface area contributed by atoms with Crippen molar-refractivity contribution >= 4 is 0 Å². The van der Waals surface area contributed by atoms with Gasteiger partial charge in [-0.15, -0.1) is 0 Å². The fraction of sp³-hybridized carbons (Fsp3) is 0.625. The van der Waals surface area contributed by atoms with Crippen molar-refractivity contribution in [3.63, 3.8) is 0 Å². The Morgan fingerprint density at radius 2 is 1.76 bits per heavy atom. The van der Waals surface area contributed by atoms with Gasteiger partial charge in [0.15, 0.2) is 0 Å². The number of hydrogen-bond donors (Lipinski definition) is 0. The first-order chi connectivity index (χ1) is 8.10. The molecule has 0 aromatic heterocycles. The number of epoxide rings is 1. The van der Waals surface area contributed by atoms with Crippen LogP contribution in [0.25, 0.3) is 0 Å². The fourth-order valence-electron chi connectivity index (χ4n) is 3.54. The summed E-state index contributed by atoms with van der Waals surface area (Å²) in [7, 11) is 0. The molecule has 2 fully saturated rings. The summed E-state index contributed by atoms with van der Waals surface area (Å²) in [5.41, 5.74) is 1.69. The maximum atomic E-state index is 5.91. The van der Waals surface area contributed by atoms with Crippen LogP contribution < -0.4 is 0 Å². The minimum atomic E-state index is 0.237. The Bertz CT molecular complexity index is 395. The van der Waals surface area contributed by atoms with Crippen LogP contribution in [0.1, 0.15) is 39.2 Å². The van der Waals surface area contributed by atoms with Gasteiger partial charge >= 0.3 is 0 Å². The van der Waals surface area contributed by atoms with Crippen molar-refractivity contribution in [1.82, 2.24) is 0 Å². The molecule has 1 nitrogen and oxygen atoms in total. The number of hydrogen-bond acceptors (Lipinski definition) is 1. The molecule has 3 rings (SSSR count). The first kappa shape index (κ1) is 11.3. The molecular weight excluding hydrogens is 208 g/mol. The lowest BCUT2D eigenvalue weighted by molar-refractivity contribution is 0.218. The first-order valence-electron chi connectivity index (χ1n) is 6.81. The maximum absolute atomic E-state index is 5.91. The van der Waals surface area contributed by atoms with Crippen LogP contribution in [-0.4, -0.2) is 12.2 Å². The monoisotopic (exact) mass is 230 g/mol. The summed E-state index contributed by atoms with van der Waals surface area (Å²) in [4.78, 5) is 0. The first-order valence-corrected chi connectivity index (χ1v) is 6.81. The molecule has 0 N–H and O–H groups in total. The normalized spacial score (nSPS) is 36.4. The average molecular weight is 230 g/mol. The molecule has 92 valence electrons. The van der Waals surface area contributed by atoms with Crippen LogP contribution in [0.5, 0.6) is 0 Å². The zero-order valence-corrected chi connectivity index (χ0v) is 11.0. The second-order valence-electron chi connectivity index (χ2n) is 6.31. The van der Waals surface area contributed by atoms with E-state index in [9.17, 15) is 0 Å². The Labute approximate surface area is 104 Å². The third-order valence-electron chi connectivity index (χ3n) is 4.90. The van der Waals surface area contributed by atoms with Gasteiger partial charge in [0.25, 0.3) is 0 Å². The van der Waals surface area contributed by atoms with E-state index in [0.717, 1.165) is 5.92 Å². The van der Waals surface area contributed by atoms with E-state index in [1.807, 2.05) is 0 Å². The molecule has 0 amide bonds. The lowest BCUT2D eigenvalue weighted by Gasteiger charge is -2.37. The van der Waals surface area contributed by atoms with Crippen molar-refractivity contribution in [1.29, 1.82) is 0 Å². The quantitative estimate of drug-likeness (QED) is 0.704. The van der Waals surface area contributed by atoms with Crippen molar-refractivity contribution in [3.8, 4) is 0 Å². The summed E-state index contributed by atoms with van der Waals surface area (Å²) in [6, 6.07) is 10.9. The lowest BCUT2D eigenvalue weighted by Crippen LogP contribution is -2.37. The highest BCUT2D eigenvalue weighted by Crippen LogP contribution is 2.51. The summed E-state index contributed by atoms with van der Waals surface area (Å²) in [5.74, 6) is 1.45. The van der Waals surface area contributed by atoms with Gasteiger partial charge in [-0.25, -0.2) is 0 Å². The Kier molecular flexibility index (Phi) is 2.55. The van der Waals surface area contributed by atoms with Crippen molar-refractivity contribution in [2.75, 3.05) is 0 Å². The molecule has 17 heavy (non-hydrogen) atoms. The fourth-order valence-corrected chi connectivity index (χ4v) is 3.54. The van der Waals surface area contributed by atoms with E-state index in [1.54, 1.807) is 0 Å². The maximum Gasteiger partial charge on any atom is 0.0881 e. The molecule has 0 unspecified atom stereocenters. The molecule has 1 heterocycles. The molecule has 0 spiro atoms. The molecule has 0 bridgehead atoms. The molecule has 1 saturated carbocycles. The minimum absolute atomic E-state index is 0.237. The lowest BCUT2D eigenvalue weighted by atomic mass is 9.66. The Hall–Kier alpha value is -0.820. The topological polar surface area (TPSA) is 12.5 Å². The molecular formula is C16H22O. The third kappa shape index (κ3) is 1.81. The third-order valence-corrected chi connectivity index (χ3v) is 4.90. The predicted molar refractivity (Wildman–Crippen MR) is 70.0 cm³/mol. The van der Waals surface area contributed by atoms with E-state index in [1.165, 1.54) is 18.4 Å². The standard InChI is InChI=1S/C16H22O/c1-11-9-10-13(15-14(11)17-15)16(2,3)12-7-5-4-6-8-12/h4-8,11,13-15H,9-10H2,1-3H3/t11-,13+,14+,15-/m1/s1. The molecule has 0 radical (unpaired) electrons. The van der Waals surface area contributed by atoms with Gasteiger partial charge in [-0.2, -0.15) is 0 Å². The highest BCUT2D eigenvalue weighted by Gasteiger charge is 2.55. The van der Waals surface area contributed by atoms with Gasteiger partial charge in [0.05, 0.1) is 12.2 Å². The summed E-state index contributed by atoms with van der Waals surface area (Å²) in [6.07, 6.45) is 3.71. The van der Waals surface area contributed by atoms with Crippen molar-refractivity contribution in [3.05, 3.63) is 35.9 Å². The SMILES string of the molecule is C[C@@H]1CC[C@H](C(C)(C)c2ccccc2)[C@H]2O[C@H]21. The van der Waals surface area contributed by atoms with Gasteiger partial charge in [0, 0.05) is 0 Å². The van der Waals surface area contributed by atoms with E-state index >= 15 is 0 Å². The van der Waals surface area contributed by atoms with Crippen LogP contribution in [0.15, 0.2) is 30.3 Å². The van der Waals surface area contributed by atoms with Crippen LogP contribution in [0.4, 0.5) is 0 Å². The summed E-state index contributed by atoms with van der Waals surface area (Å²) in [5, 5.41) is 0. The van der Waals surface area contributed by atoms with Gasteiger partial charge in [-0.3, -0.25) is 0 Å². The molecule has 1 heteroatoms. The van der Waals surface area contributed by atoms with Crippen LogP contribution in [0, 0.1) is 11.8 Å². The largest absolute Gasteiger partial charge is 0.369 e. The molecule has 2 aliphatic rings. The van der Waals surface area contributed by atoms with E-state index in [0.29, 0.717) is 18.1 Å². The second-order valence-corrected chi connectivity index (χ2v) is 6.31. The molecule has 1 saturated heterocycles. The zero-order valence-electron chi connectivity index (χ0n) is 11.0. The zero-order chi connectivity index (χ0) is 12.0. The van der Waals surface area contributed by atoms with Crippen molar-refractivity contribution in [2.45, 2.75) is 51.2 Å². The smallest absolute Gasteiger partial charge is 0.0881 e. The van der Waals surface area contributed by atoms with E-state index in [4.69, 9.17) is 4.74 Å². The van der Waals surface area contributed by atoms with Gasteiger partial charge in [0.1, 0.15) is 0 Å². The Morgan fingerprint density at radius 3 is 2.47 bits per heavy atom. The minimum Gasteiger partial charge on any atom is -0.369 e.